The van der Waals surface area contributed by atoms with Crippen LogP contribution in [0.15, 0.2) is 0 Å². The average Bonchev–Trinajstić information content (AvgIpc) is 2.20. The summed E-state index contributed by atoms with van der Waals surface area (Å²) in [5.41, 5.74) is 0. The molecule has 92 valence electrons. The maximum atomic E-state index is 11.3. The molecule has 0 amide bonds. The number of aliphatic hydroxyl groups is 1. The van der Waals surface area contributed by atoms with E-state index in [-0.39, 0.29) is 19.4 Å². The van der Waals surface area contributed by atoms with Crippen molar-refractivity contribution < 1.29 is 19.1 Å². The van der Waals surface area contributed by atoms with Crippen LogP contribution in [-0.2, 0) is 9.09 Å². The highest BCUT2D eigenvalue weighted by Crippen LogP contribution is 2.42. The van der Waals surface area contributed by atoms with Gasteiger partial charge in [-0.2, -0.15) is 0 Å². The van der Waals surface area contributed by atoms with Crippen LogP contribution in [0.5, 0.6) is 0 Å². The molecule has 0 aromatic heterocycles. The van der Waals surface area contributed by atoms with E-state index in [4.69, 9.17) is 5.11 Å². The molecule has 0 spiro atoms. The second-order valence-corrected chi connectivity index (χ2v) is 5.67. The second kappa shape index (κ2) is 9.34. The standard InChI is InChI=1S/C10H23O4P/c1-2-3-4-5-6-7-10-15(12,13)14-9-8-11/h11H,2-10H2,1H3,(H,12,13). The molecule has 0 radical (unpaired) electrons. The number of hydrogen-bond donors (Lipinski definition) is 2. The van der Waals surface area contributed by atoms with Crippen molar-refractivity contribution in [1.82, 2.24) is 0 Å². The van der Waals surface area contributed by atoms with Gasteiger partial charge in [-0.3, -0.25) is 4.57 Å². The third-order valence-electron chi connectivity index (χ3n) is 2.18. The molecule has 0 fully saturated rings. The summed E-state index contributed by atoms with van der Waals surface area (Å²) in [4.78, 5) is 9.27. The Labute approximate surface area is 92.2 Å². The monoisotopic (exact) mass is 238 g/mol. The van der Waals surface area contributed by atoms with Crippen LogP contribution in [0.3, 0.4) is 0 Å². The summed E-state index contributed by atoms with van der Waals surface area (Å²) < 4.78 is 16.0. The molecule has 0 heterocycles. The van der Waals surface area contributed by atoms with Gasteiger partial charge in [0, 0.05) is 6.16 Å². The summed E-state index contributed by atoms with van der Waals surface area (Å²) >= 11 is 0. The third-order valence-corrected chi connectivity index (χ3v) is 3.65. The van der Waals surface area contributed by atoms with E-state index in [1.54, 1.807) is 0 Å². The van der Waals surface area contributed by atoms with Crippen molar-refractivity contribution in [3.63, 3.8) is 0 Å². The summed E-state index contributed by atoms with van der Waals surface area (Å²) in [6.07, 6.45) is 6.67. The molecule has 0 rings (SSSR count). The molecule has 0 saturated heterocycles. The van der Waals surface area contributed by atoms with Crippen molar-refractivity contribution in [3.8, 4) is 0 Å². The fraction of sp³-hybridized carbons (Fsp3) is 1.00. The molecule has 0 aliphatic rings. The maximum Gasteiger partial charge on any atom is 0.328 e. The minimum Gasteiger partial charge on any atom is -0.394 e. The van der Waals surface area contributed by atoms with E-state index in [0.29, 0.717) is 0 Å². The topological polar surface area (TPSA) is 66.8 Å². The zero-order chi connectivity index (χ0) is 11.6. The van der Waals surface area contributed by atoms with Crippen molar-refractivity contribution in [1.29, 1.82) is 0 Å². The predicted octanol–water partition coefficient (Wildman–Crippen LogP) is 2.54. The van der Waals surface area contributed by atoms with Gasteiger partial charge in [-0.1, -0.05) is 39.0 Å². The Hall–Kier alpha value is 0.110. The fourth-order valence-corrected chi connectivity index (χ4v) is 2.46. The summed E-state index contributed by atoms with van der Waals surface area (Å²) in [6.45, 7) is 1.90. The fourth-order valence-electron chi connectivity index (χ4n) is 1.34. The molecule has 4 nitrogen and oxygen atoms in total. The first-order valence-electron chi connectivity index (χ1n) is 5.69. The molecule has 0 aromatic carbocycles. The highest BCUT2D eigenvalue weighted by Gasteiger charge is 2.17. The van der Waals surface area contributed by atoms with Gasteiger partial charge in [0.1, 0.15) is 0 Å². The van der Waals surface area contributed by atoms with Gasteiger partial charge in [0.05, 0.1) is 13.2 Å². The Bertz CT molecular complexity index is 184. The molecule has 5 heteroatoms. The van der Waals surface area contributed by atoms with E-state index in [9.17, 15) is 9.46 Å². The average molecular weight is 238 g/mol. The minimum absolute atomic E-state index is 0.0520. The van der Waals surface area contributed by atoms with Crippen molar-refractivity contribution >= 4 is 7.60 Å². The SMILES string of the molecule is CCCCCCCCP(=O)(O)OCCO. The molecule has 1 unspecified atom stereocenters. The molecule has 2 N–H and O–H groups in total. The zero-order valence-electron chi connectivity index (χ0n) is 9.52. The molecular formula is C10H23O4P. The summed E-state index contributed by atoms with van der Waals surface area (Å²) in [6, 6.07) is 0. The zero-order valence-corrected chi connectivity index (χ0v) is 10.4. The first-order chi connectivity index (χ1) is 7.12. The largest absolute Gasteiger partial charge is 0.394 e. The van der Waals surface area contributed by atoms with Crippen molar-refractivity contribution in [2.24, 2.45) is 0 Å². The smallest absolute Gasteiger partial charge is 0.328 e. The van der Waals surface area contributed by atoms with Crippen LogP contribution in [0, 0.1) is 0 Å². The number of hydrogen-bond acceptors (Lipinski definition) is 3. The van der Waals surface area contributed by atoms with Crippen molar-refractivity contribution in [3.05, 3.63) is 0 Å². The Morgan fingerprint density at radius 3 is 2.33 bits per heavy atom. The summed E-state index contributed by atoms with van der Waals surface area (Å²) in [5.74, 6) is 0. The summed E-state index contributed by atoms with van der Waals surface area (Å²) in [7, 11) is -3.42. The van der Waals surface area contributed by atoms with Gasteiger partial charge in [-0.05, 0) is 6.42 Å². The van der Waals surface area contributed by atoms with Crippen LogP contribution >= 0.6 is 7.60 Å². The Kier molecular flexibility index (Phi) is 9.41. The molecule has 15 heavy (non-hydrogen) atoms. The minimum atomic E-state index is -3.42. The van der Waals surface area contributed by atoms with Crippen molar-refractivity contribution in [2.75, 3.05) is 19.4 Å². The van der Waals surface area contributed by atoms with Gasteiger partial charge >= 0.3 is 7.60 Å². The van der Waals surface area contributed by atoms with Crippen molar-refractivity contribution in [2.45, 2.75) is 45.4 Å². The van der Waals surface area contributed by atoms with Crippen LogP contribution in [0.2, 0.25) is 0 Å². The maximum absolute atomic E-state index is 11.3. The molecule has 0 bridgehead atoms. The quantitative estimate of drug-likeness (QED) is 0.453. The lowest BCUT2D eigenvalue weighted by molar-refractivity contribution is 0.183. The number of aliphatic hydroxyl groups excluding tert-OH is 1. The highest BCUT2D eigenvalue weighted by atomic mass is 31.2. The van der Waals surface area contributed by atoms with Crippen LogP contribution in [0.25, 0.3) is 0 Å². The van der Waals surface area contributed by atoms with E-state index in [2.05, 4.69) is 11.4 Å². The van der Waals surface area contributed by atoms with Gasteiger partial charge in [0.2, 0.25) is 0 Å². The molecule has 0 aromatic rings. The lowest BCUT2D eigenvalue weighted by atomic mass is 10.1. The van der Waals surface area contributed by atoms with Crippen LogP contribution < -0.4 is 0 Å². The van der Waals surface area contributed by atoms with E-state index in [1.807, 2.05) is 0 Å². The van der Waals surface area contributed by atoms with E-state index in [1.165, 1.54) is 19.3 Å². The Balaban J connectivity index is 3.36. The van der Waals surface area contributed by atoms with Crippen LogP contribution in [-0.4, -0.2) is 29.4 Å². The van der Waals surface area contributed by atoms with Gasteiger partial charge in [-0.15, -0.1) is 0 Å². The first-order valence-corrected chi connectivity index (χ1v) is 7.46. The second-order valence-electron chi connectivity index (χ2n) is 3.69. The third kappa shape index (κ3) is 10.4. The molecular weight excluding hydrogens is 215 g/mol. The Morgan fingerprint density at radius 1 is 1.13 bits per heavy atom. The normalized spacial score (nSPS) is 15.1. The molecule has 0 aliphatic heterocycles. The molecule has 1 atom stereocenters. The lowest BCUT2D eigenvalue weighted by Crippen LogP contribution is -2.00. The molecule has 0 saturated carbocycles. The highest BCUT2D eigenvalue weighted by molar-refractivity contribution is 7.52. The predicted molar refractivity (Wildman–Crippen MR) is 61.1 cm³/mol. The van der Waals surface area contributed by atoms with E-state index in [0.717, 1.165) is 19.3 Å². The van der Waals surface area contributed by atoms with Crippen LogP contribution in [0.1, 0.15) is 45.4 Å². The van der Waals surface area contributed by atoms with Gasteiger partial charge in [0.15, 0.2) is 0 Å². The van der Waals surface area contributed by atoms with Crippen LogP contribution in [0.4, 0.5) is 0 Å². The number of rotatable bonds is 10. The van der Waals surface area contributed by atoms with Gasteiger partial charge in [0.25, 0.3) is 0 Å². The van der Waals surface area contributed by atoms with Gasteiger partial charge < -0.3 is 14.5 Å². The summed E-state index contributed by atoms with van der Waals surface area (Å²) in [5, 5.41) is 8.44. The van der Waals surface area contributed by atoms with Gasteiger partial charge in [-0.25, -0.2) is 0 Å². The first kappa shape index (κ1) is 15.1. The van der Waals surface area contributed by atoms with E-state index >= 15 is 0 Å². The lowest BCUT2D eigenvalue weighted by Gasteiger charge is -2.10. The molecule has 0 aliphatic carbocycles. The number of unbranched alkanes of at least 4 members (excludes halogenated alkanes) is 5. The Morgan fingerprint density at radius 2 is 1.73 bits per heavy atom. The van der Waals surface area contributed by atoms with E-state index < -0.39 is 7.60 Å².